The van der Waals surface area contributed by atoms with Crippen LogP contribution in [0.2, 0.25) is 0 Å². The van der Waals surface area contributed by atoms with Crippen LogP contribution in [0.4, 0.5) is 5.69 Å². The molecule has 1 rings (SSSR count). The molecule has 1 aromatic rings. The largest absolute Gasteiger partial charge is 0.458 e. The lowest BCUT2D eigenvalue weighted by atomic mass is 10.2. The fourth-order valence-electron chi connectivity index (χ4n) is 1.40. The predicted octanol–water partition coefficient (Wildman–Crippen LogP) is 1.66. The Morgan fingerprint density at radius 2 is 2.00 bits per heavy atom. The first-order valence-corrected chi connectivity index (χ1v) is 5.71. The molecule has 0 saturated heterocycles. The molecule has 1 aromatic heterocycles. The van der Waals surface area contributed by atoms with Gasteiger partial charge in [0.15, 0.2) is 0 Å². The van der Waals surface area contributed by atoms with Gasteiger partial charge in [-0.1, -0.05) is 0 Å². The summed E-state index contributed by atoms with van der Waals surface area (Å²) in [6.07, 6.45) is 1.04. The van der Waals surface area contributed by atoms with Crippen molar-refractivity contribution in [3.05, 3.63) is 38.8 Å². The Hall–Kier alpha value is -2.18. The van der Waals surface area contributed by atoms with Gasteiger partial charge >= 0.3 is 5.97 Å². The van der Waals surface area contributed by atoms with Gasteiger partial charge in [0.25, 0.3) is 11.2 Å². The number of hydrogen-bond acceptors (Lipinski definition) is 5. The minimum Gasteiger partial charge on any atom is -0.458 e. The number of nitrogens with zero attached hydrogens (tertiary/aromatic N) is 2. The van der Waals surface area contributed by atoms with Crippen molar-refractivity contribution in [3.8, 4) is 0 Å². The van der Waals surface area contributed by atoms with Crippen LogP contribution in [0.15, 0.2) is 23.1 Å². The monoisotopic (exact) mass is 268 g/mol. The smallest absolute Gasteiger partial charge is 0.329 e. The molecular weight excluding hydrogens is 252 g/mol. The predicted molar refractivity (Wildman–Crippen MR) is 67.9 cm³/mol. The number of esters is 1. The molecule has 0 aliphatic heterocycles. The molecule has 19 heavy (non-hydrogen) atoms. The van der Waals surface area contributed by atoms with E-state index in [-0.39, 0.29) is 5.69 Å². The van der Waals surface area contributed by atoms with Crippen LogP contribution in [-0.2, 0) is 9.53 Å². The third-order valence-electron chi connectivity index (χ3n) is 2.30. The van der Waals surface area contributed by atoms with Crippen LogP contribution < -0.4 is 5.56 Å². The molecular formula is C12H16N2O5. The van der Waals surface area contributed by atoms with Crippen molar-refractivity contribution in [2.75, 3.05) is 0 Å². The first-order valence-electron chi connectivity index (χ1n) is 5.71. The summed E-state index contributed by atoms with van der Waals surface area (Å²) in [6, 6.07) is 1.23. The first-order chi connectivity index (χ1) is 8.61. The lowest BCUT2D eigenvalue weighted by molar-refractivity contribution is -0.385. The van der Waals surface area contributed by atoms with Crippen molar-refractivity contribution >= 4 is 11.7 Å². The molecule has 0 bridgehead atoms. The van der Waals surface area contributed by atoms with E-state index in [1.807, 2.05) is 0 Å². The lowest BCUT2D eigenvalue weighted by Crippen LogP contribution is -2.33. The zero-order valence-electron chi connectivity index (χ0n) is 11.2. The SMILES string of the molecule is CC(C(=O)OC(C)(C)C)n1cc([N+](=O)[O-])ccc1=O. The van der Waals surface area contributed by atoms with Gasteiger partial charge in [-0.05, 0) is 27.7 Å². The number of rotatable bonds is 3. The van der Waals surface area contributed by atoms with Crippen LogP contribution in [-0.4, -0.2) is 21.1 Å². The fraction of sp³-hybridized carbons (Fsp3) is 0.500. The van der Waals surface area contributed by atoms with Gasteiger partial charge in [0.2, 0.25) is 0 Å². The summed E-state index contributed by atoms with van der Waals surface area (Å²) >= 11 is 0. The number of pyridine rings is 1. The molecule has 0 aliphatic carbocycles. The zero-order chi connectivity index (χ0) is 14.8. The van der Waals surface area contributed by atoms with E-state index in [9.17, 15) is 19.7 Å². The quantitative estimate of drug-likeness (QED) is 0.472. The summed E-state index contributed by atoms with van der Waals surface area (Å²) in [4.78, 5) is 33.5. The van der Waals surface area contributed by atoms with Gasteiger partial charge in [0.05, 0.1) is 11.1 Å². The van der Waals surface area contributed by atoms with E-state index < -0.39 is 28.1 Å². The van der Waals surface area contributed by atoms with Crippen molar-refractivity contribution in [2.24, 2.45) is 0 Å². The molecule has 1 heterocycles. The first kappa shape index (κ1) is 14.9. The molecule has 1 atom stereocenters. The van der Waals surface area contributed by atoms with Crippen molar-refractivity contribution in [3.63, 3.8) is 0 Å². The molecule has 7 nitrogen and oxygen atoms in total. The molecule has 104 valence electrons. The Morgan fingerprint density at radius 3 is 2.47 bits per heavy atom. The second-order valence-corrected chi connectivity index (χ2v) is 5.10. The van der Waals surface area contributed by atoms with Crippen LogP contribution in [0, 0.1) is 10.1 Å². The van der Waals surface area contributed by atoms with E-state index in [1.54, 1.807) is 20.8 Å². The van der Waals surface area contributed by atoms with Gasteiger partial charge in [0, 0.05) is 12.1 Å². The molecule has 0 N–H and O–H groups in total. The van der Waals surface area contributed by atoms with E-state index >= 15 is 0 Å². The van der Waals surface area contributed by atoms with Gasteiger partial charge in [-0.25, -0.2) is 4.79 Å². The third kappa shape index (κ3) is 3.90. The van der Waals surface area contributed by atoms with Gasteiger partial charge in [-0.3, -0.25) is 19.5 Å². The van der Waals surface area contributed by atoms with Crippen molar-refractivity contribution < 1.29 is 14.5 Å². The molecule has 7 heteroatoms. The Labute approximate surface area is 110 Å². The Morgan fingerprint density at radius 1 is 1.42 bits per heavy atom. The van der Waals surface area contributed by atoms with Crippen LogP contribution in [0.1, 0.15) is 33.7 Å². The van der Waals surface area contributed by atoms with Crippen molar-refractivity contribution in [1.29, 1.82) is 0 Å². The summed E-state index contributed by atoms with van der Waals surface area (Å²) in [5.74, 6) is -0.616. The number of ether oxygens (including phenoxy) is 1. The molecule has 0 amide bonds. The lowest BCUT2D eigenvalue weighted by Gasteiger charge is -2.22. The fourth-order valence-corrected chi connectivity index (χ4v) is 1.40. The van der Waals surface area contributed by atoms with E-state index in [2.05, 4.69) is 0 Å². The molecule has 0 radical (unpaired) electrons. The Bertz CT molecular complexity index is 556. The average Bonchev–Trinajstić information content (AvgIpc) is 2.26. The van der Waals surface area contributed by atoms with E-state index in [4.69, 9.17) is 4.74 Å². The topological polar surface area (TPSA) is 91.4 Å². The highest BCUT2D eigenvalue weighted by molar-refractivity contribution is 5.74. The van der Waals surface area contributed by atoms with Gasteiger partial charge < -0.3 is 4.74 Å². The normalized spacial score (nSPS) is 12.8. The number of nitro groups is 1. The van der Waals surface area contributed by atoms with E-state index in [0.717, 1.165) is 22.9 Å². The van der Waals surface area contributed by atoms with Crippen LogP contribution in [0.25, 0.3) is 0 Å². The van der Waals surface area contributed by atoms with E-state index in [1.165, 1.54) is 6.92 Å². The zero-order valence-corrected chi connectivity index (χ0v) is 11.2. The molecule has 0 spiro atoms. The van der Waals surface area contributed by atoms with Gasteiger partial charge in [0.1, 0.15) is 11.6 Å². The van der Waals surface area contributed by atoms with Crippen LogP contribution >= 0.6 is 0 Å². The molecule has 0 saturated carbocycles. The number of aromatic nitrogens is 1. The molecule has 1 unspecified atom stereocenters. The molecule has 0 aromatic carbocycles. The van der Waals surface area contributed by atoms with Crippen molar-refractivity contribution in [1.82, 2.24) is 4.57 Å². The average molecular weight is 268 g/mol. The summed E-state index contributed by atoms with van der Waals surface area (Å²) in [5.41, 5.74) is -1.44. The van der Waals surface area contributed by atoms with Crippen molar-refractivity contribution in [2.45, 2.75) is 39.3 Å². The third-order valence-corrected chi connectivity index (χ3v) is 2.30. The highest BCUT2D eigenvalue weighted by Gasteiger charge is 2.24. The minimum absolute atomic E-state index is 0.255. The minimum atomic E-state index is -0.924. The summed E-state index contributed by atoms with van der Waals surface area (Å²) in [6.45, 7) is 6.56. The number of carbonyl (C=O) groups excluding carboxylic acids is 1. The number of carbonyl (C=O) groups is 1. The number of hydrogen-bond donors (Lipinski definition) is 0. The highest BCUT2D eigenvalue weighted by Crippen LogP contribution is 2.15. The van der Waals surface area contributed by atoms with Gasteiger partial charge in [-0.2, -0.15) is 0 Å². The maximum Gasteiger partial charge on any atom is 0.329 e. The summed E-state index contributed by atoms with van der Waals surface area (Å²) in [7, 11) is 0. The second kappa shape index (κ2) is 5.21. The standard InChI is InChI=1S/C12H16N2O5/c1-8(11(16)19-12(2,3)4)13-7-9(14(17)18)5-6-10(13)15/h5-8H,1-4H3. The summed E-state index contributed by atoms with van der Waals surface area (Å²) in [5, 5.41) is 10.7. The van der Waals surface area contributed by atoms with Gasteiger partial charge in [-0.15, -0.1) is 0 Å². The highest BCUT2D eigenvalue weighted by atomic mass is 16.6. The maximum atomic E-state index is 11.8. The Balaban J connectivity index is 3.08. The maximum absolute atomic E-state index is 11.8. The summed E-state index contributed by atoms with van der Waals surface area (Å²) < 4.78 is 6.13. The Kier molecular flexibility index (Phi) is 4.08. The van der Waals surface area contributed by atoms with Crippen LogP contribution in [0.5, 0.6) is 0 Å². The molecule has 0 aliphatic rings. The van der Waals surface area contributed by atoms with E-state index in [0.29, 0.717) is 0 Å². The second-order valence-electron chi connectivity index (χ2n) is 5.10. The molecule has 0 fully saturated rings. The van der Waals surface area contributed by atoms with Crippen LogP contribution in [0.3, 0.4) is 0 Å².